The number of nitrogens with zero attached hydrogens (tertiary/aromatic N) is 2. The molecule has 0 radical (unpaired) electrons. The highest BCUT2D eigenvalue weighted by Crippen LogP contribution is 2.38. The molecule has 0 bridgehead atoms. The van der Waals surface area contributed by atoms with Crippen LogP contribution in [0.25, 0.3) is 16.8 Å². The monoisotopic (exact) mass is 696 g/mol. The fourth-order valence-corrected chi connectivity index (χ4v) is 7.37. The van der Waals surface area contributed by atoms with Crippen molar-refractivity contribution in [3.8, 4) is 11.5 Å². The zero-order valence-electron chi connectivity index (χ0n) is 26.2. The van der Waals surface area contributed by atoms with Crippen LogP contribution in [0.1, 0.15) is 55.0 Å². The van der Waals surface area contributed by atoms with E-state index < -0.39 is 12.0 Å². The minimum absolute atomic E-state index is 0.248. The molecule has 234 valence electrons. The summed E-state index contributed by atoms with van der Waals surface area (Å²) in [5.74, 6) is 0.929. The van der Waals surface area contributed by atoms with E-state index in [1.54, 1.807) is 18.6 Å². The normalized spacial score (nSPS) is 14.8. The number of aromatic nitrogens is 1. The Labute approximate surface area is 279 Å². The number of ether oxygens (including phenoxy) is 3. The predicted molar refractivity (Wildman–Crippen MR) is 185 cm³/mol. The lowest BCUT2D eigenvalue weighted by Crippen LogP contribution is -2.39. The van der Waals surface area contributed by atoms with Crippen molar-refractivity contribution in [2.45, 2.75) is 39.3 Å². The Balaban J connectivity index is 1.39. The van der Waals surface area contributed by atoms with Crippen molar-refractivity contribution in [2.24, 2.45) is 4.99 Å². The van der Waals surface area contributed by atoms with Gasteiger partial charge in [-0.05, 0) is 80.0 Å². The molecule has 5 aromatic rings. The van der Waals surface area contributed by atoms with Crippen LogP contribution in [0.2, 0.25) is 0 Å². The summed E-state index contributed by atoms with van der Waals surface area (Å²) < 4.78 is 19.9. The fourth-order valence-electron chi connectivity index (χ4n) is 5.75. The third-order valence-corrected chi connectivity index (χ3v) is 9.72. The molecule has 0 aliphatic carbocycles. The summed E-state index contributed by atoms with van der Waals surface area (Å²) in [6, 6.07) is 25.4. The highest BCUT2D eigenvalue weighted by atomic mass is 79.9. The van der Waals surface area contributed by atoms with Crippen molar-refractivity contribution in [2.75, 3.05) is 14.2 Å². The molecule has 1 aliphatic rings. The highest BCUT2D eigenvalue weighted by molar-refractivity contribution is 9.10. The molecule has 1 aliphatic heterocycles. The number of rotatable bonds is 8. The number of methoxy groups -OCH3 is 2. The molecule has 4 aromatic carbocycles. The molecule has 2 heterocycles. The Kier molecular flexibility index (Phi) is 8.97. The van der Waals surface area contributed by atoms with Crippen LogP contribution >= 0.6 is 27.3 Å². The van der Waals surface area contributed by atoms with E-state index in [9.17, 15) is 9.59 Å². The van der Waals surface area contributed by atoms with E-state index in [4.69, 9.17) is 14.2 Å². The van der Waals surface area contributed by atoms with Crippen LogP contribution in [-0.2, 0) is 16.1 Å². The maximum Gasteiger partial charge on any atom is 0.338 e. The molecule has 0 N–H and O–H groups in total. The van der Waals surface area contributed by atoms with Crippen molar-refractivity contribution < 1.29 is 19.0 Å². The summed E-state index contributed by atoms with van der Waals surface area (Å²) in [7, 11) is 2.93. The second-order valence-electron chi connectivity index (χ2n) is 11.4. The van der Waals surface area contributed by atoms with E-state index >= 15 is 0 Å². The van der Waals surface area contributed by atoms with Gasteiger partial charge < -0.3 is 14.2 Å². The van der Waals surface area contributed by atoms with Crippen LogP contribution in [0, 0.1) is 0 Å². The zero-order chi connectivity index (χ0) is 32.5. The van der Waals surface area contributed by atoms with Crippen LogP contribution in [0.3, 0.4) is 0 Å². The molecule has 6 rings (SSSR count). The quantitative estimate of drug-likeness (QED) is 0.163. The number of carbonyl (C=O) groups is 1. The number of esters is 1. The first-order valence-corrected chi connectivity index (χ1v) is 16.5. The van der Waals surface area contributed by atoms with Gasteiger partial charge in [0.15, 0.2) is 16.3 Å². The molecule has 0 saturated heterocycles. The molecule has 0 amide bonds. The lowest BCUT2D eigenvalue weighted by molar-refractivity contribution is -0.136. The first-order chi connectivity index (χ1) is 22.2. The second kappa shape index (κ2) is 13.1. The van der Waals surface area contributed by atoms with E-state index in [-0.39, 0.29) is 5.56 Å². The summed E-state index contributed by atoms with van der Waals surface area (Å²) in [4.78, 5) is 32.2. The summed E-state index contributed by atoms with van der Waals surface area (Å²) in [5.41, 5.74) is 4.40. The first kappa shape index (κ1) is 31.5. The van der Waals surface area contributed by atoms with E-state index in [1.807, 2.05) is 60.7 Å². The number of carbonyl (C=O) groups excluding carboxylic acids is 1. The Morgan fingerprint density at radius 3 is 2.50 bits per heavy atom. The summed E-state index contributed by atoms with van der Waals surface area (Å²) in [6.45, 7) is 6.38. The molecular weight excluding hydrogens is 664 g/mol. The van der Waals surface area contributed by atoms with Crippen LogP contribution in [0.5, 0.6) is 11.5 Å². The Morgan fingerprint density at radius 1 is 1.04 bits per heavy atom. The highest BCUT2D eigenvalue weighted by Gasteiger charge is 2.33. The van der Waals surface area contributed by atoms with Gasteiger partial charge >= 0.3 is 5.97 Å². The largest absolute Gasteiger partial charge is 0.493 e. The van der Waals surface area contributed by atoms with Gasteiger partial charge in [-0.25, -0.2) is 9.79 Å². The van der Waals surface area contributed by atoms with Gasteiger partial charge in [-0.2, -0.15) is 0 Å². The number of fused-ring (bicyclic) bond motifs is 2. The van der Waals surface area contributed by atoms with Gasteiger partial charge in [0, 0.05) is 0 Å². The molecule has 0 unspecified atom stereocenters. The van der Waals surface area contributed by atoms with Crippen LogP contribution in [0.4, 0.5) is 0 Å². The van der Waals surface area contributed by atoms with E-state index in [0.717, 1.165) is 27.5 Å². The maximum absolute atomic E-state index is 14.1. The number of hydrogen-bond donors (Lipinski definition) is 0. The van der Waals surface area contributed by atoms with Gasteiger partial charge in [0.05, 0.1) is 40.5 Å². The second-order valence-corrected chi connectivity index (χ2v) is 13.2. The molecule has 1 atom stereocenters. The zero-order valence-corrected chi connectivity index (χ0v) is 28.6. The lowest BCUT2D eigenvalue weighted by Gasteiger charge is -2.24. The van der Waals surface area contributed by atoms with Crippen LogP contribution in [0.15, 0.2) is 104 Å². The van der Waals surface area contributed by atoms with Crippen molar-refractivity contribution in [3.63, 3.8) is 0 Å². The third-order valence-electron chi connectivity index (χ3n) is 8.15. The average molecular weight is 698 g/mol. The van der Waals surface area contributed by atoms with Crippen molar-refractivity contribution in [1.29, 1.82) is 0 Å². The van der Waals surface area contributed by atoms with E-state index in [2.05, 4.69) is 59.0 Å². The van der Waals surface area contributed by atoms with E-state index in [1.165, 1.54) is 24.0 Å². The maximum atomic E-state index is 14.1. The molecule has 46 heavy (non-hydrogen) atoms. The summed E-state index contributed by atoms with van der Waals surface area (Å²) in [6.07, 6.45) is 1.81. The number of thiazole rings is 1. The summed E-state index contributed by atoms with van der Waals surface area (Å²) >= 11 is 4.94. The SMILES string of the molecule is COC(=O)C1=C(C)N=c2sc(=Cc3cc(Br)c(OCc4cccc5ccccc45)c(OC)c3)c(=O)n2[C@@H]1c1ccc(C(C)C)cc1. The standard InChI is InChI=1S/C37H33BrN2O5S/c1-21(2)24-13-15-26(16-14-24)33-32(36(42)44-5)22(3)39-37-40(33)35(41)31(46-37)19-23-17-29(38)34(30(18-23)43-4)45-20-27-11-8-10-25-9-6-7-12-28(25)27/h6-19,21,33H,20H2,1-5H3/t33-/m1/s1. The van der Waals surface area contributed by atoms with Crippen molar-refractivity contribution in [1.82, 2.24) is 4.57 Å². The average Bonchev–Trinajstić information content (AvgIpc) is 3.36. The number of benzene rings is 4. The fraction of sp³-hybridized carbons (Fsp3) is 0.216. The van der Waals surface area contributed by atoms with Crippen molar-refractivity contribution in [3.05, 3.63) is 137 Å². The molecule has 0 spiro atoms. The lowest BCUT2D eigenvalue weighted by atomic mass is 9.93. The minimum Gasteiger partial charge on any atom is -0.493 e. The van der Waals surface area contributed by atoms with Crippen LogP contribution < -0.4 is 24.4 Å². The van der Waals surface area contributed by atoms with E-state index in [0.29, 0.717) is 49.1 Å². The molecule has 1 aromatic heterocycles. The van der Waals surface area contributed by atoms with Crippen molar-refractivity contribution >= 4 is 50.1 Å². The smallest absolute Gasteiger partial charge is 0.338 e. The number of hydrogen-bond acceptors (Lipinski definition) is 7. The topological polar surface area (TPSA) is 79.1 Å². The molecule has 0 saturated carbocycles. The van der Waals surface area contributed by atoms with Crippen LogP contribution in [-0.4, -0.2) is 24.8 Å². The Morgan fingerprint density at radius 2 is 1.78 bits per heavy atom. The first-order valence-electron chi connectivity index (χ1n) is 14.9. The van der Waals surface area contributed by atoms with Gasteiger partial charge in [0.25, 0.3) is 5.56 Å². The number of allylic oxidation sites excluding steroid dienone is 1. The summed E-state index contributed by atoms with van der Waals surface area (Å²) in [5, 5.41) is 2.28. The van der Waals surface area contributed by atoms with Gasteiger partial charge in [0.2, 0.25) is 0 Å². The minimum atomic E-state index is -0.668. The van der Waals surface area contributed by atoms with Gasteiger partial charge in [-0.15, -0.1) is 0 Å². The Bertz CT molecular complexity index is 2180. The third kappa shape index (κ3) is 5.92. The molecule has 7 nitrogen and oxygen atoms in total. The van der Waals surface area contributed by atoms with Gasteiger partial charge in [-0.1, -0.05) is 91.9 Å². The molecule has 0 fully saturated rings. The molecular formula is C37H33BrN2O5S. The predicted octanol–water partition coefficient (Wildman–Crippen LogP) is 7.03. The van der Waals surface area contributed by atoms with Gasteiger partial charge in [-0.3, -0.25) is 9.36 Å². The van der Waals surface area contributed by atoms with Gasteiger partial charge in [0.1, 0.15) is 6.61 Å². The number of halogens is 1. The Hall–Kier alpha value is -4.47. The molecule has 9 heteroatoms.